The lowest BCUT2D eigenvalue weighted by molar-refractivity contribution is 0.0998. The molecule has 3 rings (SSSR count). The standard InChI is InChI=1S/C16H13BrN2O2/c1-9-4-11(17)8-13(5-9)19-16(20)15-7-10-6-12(18)2-3-14(10)21-15/h2-8H,18H2,1H3,(H,19,20). The van der Waals surface area contributed by atoms with E-state index in [4.69, 9.17) is 10.2 Å². The summed E-state index contributed by atoms with van der Waals surface area (Å²) >= 11 is 3.41. The molecule has 106 valence electrons. The predicted molar refractivity (Wildman–Crippen MR) is 87.5 cm³/mol. The van der Waals surface area contributed by atoms with Crippen molar-refractivity contribution in [2.75, 3.05) is 11.1 Å². The number of nitrogens with one attached hydrogen (secondary N) is 1. The van der Waals surface area contributed by atoms with Gasteiger partial charge in [-0.15, -0.1) is 0 Å². The first-order valence-electron chi connectivity index (χ1n) is 6.39. The van der Waals surface area contributed by atoms with Crippen LogP contribution in [0.25, 0.3) is 11.0 Å². The fourth-order valence-corrected chi connectivity index (χ4v) is 2.78. The molecule has 3 N–H and O–H groups in total. The molecular formula is C16H13BrN2O2. The average molecular weight is 345 g/mol. The Morgan fingerprint density at radius 2 is 2.00 bits per heavy atom. The highest BCUT2D eigenvalue weighted by atomic mass is 79.9. The van der Waals surface area contributed by atoms with Gasteiger partial charge in [0.1, 0.15) is 5.58 Å². The maximum atomic E-state index is 12.2. The second kappa shape index (κ2) is 5.26. The third-order valence-corrected chi connectivity index (χ3v) is 3.52. The molecule has 0 saturated carbocycles. The van der Waals surface area contributed by atoms with E-state index in [1.807, 2.05) is 25.1 Å². The molecule has 0 aliphatic rings. The third kappa shape index (κ3) is 2.92. The quantitative estimate of drug-likeness (QED) is 0.679. The van der Waals surface area contributed by atoms with Gasteiger partial charge in [-0.05, 0) is 55.0 Å². The Kier molecular flexibility index (Phi) is 3.43. The highest BCUT2D eigenvalue weighted by molar-refractivity contribution is 9.10. The van der Waals surface area contributed by atoms with Crippen molar-refractivity contribution in [1.82, 2.24) is 0 Å². The van der Waals surface area contributed by atoms with Gasteiger partial charge in [0, 0.05) is 21.2 Å². The number of hydrogen-bond donors (Lipinski definition) is 2. The number of rotatable bonds is 2. The molecule has 0 spiro atoms. The van der Waals surface area contributed by atoms with Crippen LogP contribution in [0.15, 0.2) is 51.4 Å². The summed E-state index contributed by atoms with van der Waals surface area (Å²) in [4.78, 5) is 12.2. The number of halogens is 1. The summed E-state index contributed by atoms with van der Waals surface area (Å²) in [5, 5.41) is 3.63. The van der Waals surface area contributed by atoms with Crippen molar-refractivity contribution < 1.29 is 9.21 Å². The third-order valence-electron chi connectivity index (χ3n) is 3.06. The second-order valence-electron chi connectivity index (χ2n) is 4.88. The van der Waals surface area contributed by atoms with Crippen LogP contribution >= 0.6 is 15.9 Å². The van der Waals surface area contributed by atoms with E-state index in [1.54, 1.807) is 24.3 Å². The first kappa shape index (κ1) is 13.7. The molecule has 4 nitrogen and oxygen atoms in total. The number of anilines is 2. The molecule has 1 heterocycles. The molecule has 0 aliphatic heterocycles. The summed E-state index contributed by atoms with van der Waals surface area (Å²) in [5.74, 6) is -0.0319. The van der Waals surface area contributed by atoms with E-state index >= 15 is 0 Å². The largest absolute Gasteiger partial charge is 0.451 e. The molecule has 0 radical (unpaired) electrons. The number of nitrogens with two attached hydrogens (primary N) is 1. The number of nitrogen functional groups attached to an aromatic ring is 1. The normalized spacial score (nSPS) is 10.8. The first-order chi connectivity index (χ1) is 10.0. The number of aryl methyl sites for hydroxylation is 1. The van der Waals surface area contributed by atoms with E-state index in [0.29, 0.717) is 17.0 Å². The molecule has 0 bridgehead atoms. The van der Waals surface area contributed by atoms with Crippen LogP contribution in [0.1, 0.15) is 16.1 Å². The van der Waals surface area contributed by atoms with Gasteiger partial charge < -0.3 is 15.5 Å². The van der Waals surface area contributed by atoms with Gasteiger partial charge in [0.05, 0.1) is 0 Å². The summed E-state index contributed by atoms with van der Waals surface area (Å²) in [6.45, 7) is 1.96. The lowest BCUT2D eigenvalue weighted by Crippen LogP contribution is -2.10. The zero-order valence-corrected chi connectivity index (χ0v) is 12.9. The van der Waals surface area contributed by atoms with Crippen molar-refractivity contribution in [2.24, 2.45) is 0 Å². The van der Waals surface area contributed by atoms with Crippen LogP contribution in [0, 0.1) is 6.92 Å². The molecule has 1 aromatic heterocycles. The molecule has 0 fully saturated rings. The molecule has 2 aromatic carbocycles. The number of amides is 1. The van der Waals surface area contributed by atoms with Crippen LogP contribution in [-0.2, 0) is 0 Å². The zero-order chi connectivity index (χ0) is 15.0. The van der Waals surface area contributed by atoms with Crippen LogP contribution in [-0.4, -0.2) is 5.91 Å². The number of benzene rings is 2. The van der Waals surface area contributed by atoms with Gasteiger partial charge in [-0.1, -0.05) is 15.9 Å². The smallest absolute Gasteiger partial charge is 0.291 e. The molecule has 21 heavy (non-hydrogen) atoms. The van der Waals surface area contributed by atoms with Crippen molar-refractivity contribution in [3.8, 4) is 0 Å². The van der Waals surface area contributed by atoms with E-state index in [9.17, 15) is 4.79 Å². The Balaban J connectivity index is 1.89. The number of fused-ring (bicyclic) bond motifs is 1. The highest BCUT2D eigenvalue weighted by Crippen LogP contribution is 2.24. The van der Waals surface area contributed by atoms with Crippen LogP contribution in [0.5, 0.6) is 0 Å². The Hall–Kier alpha value is -2.27. The van der Waals surface area contributed by atoms with Gasteiger partial charge in [-0.3, -0.25) is 4.79 Å². The van der Waals surface area contributed by atoms with Crippen LogP contribution in [0.3, 0.4) is 0 Å². The van der Waals surface area contributed by atoms with Gasteiger partial charge >= 0.3 is 0 Å². The van der Waals surface area contributed by atoms with Crippen molar-refractivity contribution >= 4 is 44.2 Å². The van der Waals surface area contributed by atoms with Gasteiger partial charge in [0.15, 0.2) is 5.76 Å². The molecular weight excluding hydrogens is 332 g/mol. The van der Waals surface area contributed by atoms with Crippen molar-refractivity contribution in [3.63, 3.8) is 0 Å². The topological polar surface area (TPSA) is 68.3 Å². The maximum Gasteiger partial charge on any atom is 0.291 e. The Labute approximate surface area is 130 Å². The lowest BCUT2D eigenvalue weighted by Gasteiger charge is -2.05. The van der Waals surface area contributed by atoms with E-state index in [2.05, 4.69) is 21.2 Å². The van der Waals surface area contributed by atoms with Crippen LogP contribution in [0.2, 0.25) is 0 Å². The molecule has 0 atom stereocenters. The number of carbonyl (C=O) groups excluding carboxylic acids is 1. The summed E-state index contributed by atoms with van der Waals surface area (Å²) in [6, 6.07) is 12.7. The fourth-order valence-electron chi connectivity index (χ4n) is 2.17. The molecule has 0 saturated heterocycles. The Bertz CT molecular complexity index is 819. The number of furan rings is 1. The molecule has 0 unspecified atom stereocenters. The minimum Gasteiger partial charge on any atom is -0.451 e. The predicted octanol–water partition coefficient (Wildman–Crippen LogP) is 4.34. The minimum absolute atomic E-state index is 0.258. The Morgan fingerprint density at radius 3 is 2.76 bits per heavy atom. The number of hydrogen-bond acceptors (Lipinski definition) is 3. The number of carbonyl (C=O) groups is 1. The minimum atomic E-state index is -0.290. The SMILES string of the molecule is Cc1cc(Br)cc(NC(=O)c2cc3cc(N)ccc3o2)c1. The summed E-state index contributed by atoms with van der Waals surface area (Å²) in [6.07, 6.45) is 0. The zero-order valence-electron chi connectivity index (χ0n) is 11.3. The van der Waals surface area contributed by atoms with Crippen molar-refractivity contribution in [3.05, 3.63) is 58.3 Å². The van der Waals surface area contributed by atoms with Crippen LogP contribution in [0.4, 0.5) is 11.4 Å². The highest BCUT2D eigenvalue weighted by Gasteiger charge is 2.13. The summed E-state index contributed by atoms with van der Waals surface area (Å²) < 4.78 is 6.45. The average Bonchev–Trinajstić information content (AvgIpc) is 2.80. The molecule has 1 amide bonds. The van der Waals surface area contributed by atoms with Crippen molar-refractivity contribution in [1.29, 1.82) is 0 Å². The summed E-state index contributed by atoms with van der Waals surface area (Å²) in [5.41, 5.74) is 8.76. The van der Waals surface area contributed by atoms with E-state index in [1.165, 1.54) is 0 Å². The second-order valence-corrected chi connectivity index (χ2v) is 5.79. The maximum absolute atomic E-state index is 12.2. The summed E-state index contributed by atoms with van der Waals surface area (Å²) in [7, 11) is 0. The van der Waals surface area contributed by atoms with Gasteiger partial charge in [-0.2, -0.15) is 0 Å². The van der Waals surface area contributed by atoms with Gasteiger partial charge in [0.25, 0.3) is 5.91 Å². The monoisotopic (exact) mass is 344 g/mol. The molecule has 3 aromatic rings. The van der Waals surface area contributed by atoms with Gasteiger partial charge in [0.2, 0.25) is 0 Å². The van der Waals surface area contributed by atoms with Crippen molar-refractivity contribution in [2.45, 2.75) is 6.92 Å². The molecule has 0 aliphatic carbocycles. The van der Waals surface area contributed by atoms with Crippen LogP contribution < -0.4 is 11.1 Å². The van der Waals surface area contributed by atoms with E-state index < -0.39 is 0 Å². The Morgan fingerprint density at radius 1 is 1.19 bits per heavy atom. The van der Waals surface area contributed by atoms with E-state index in [-0.39, 0.29) is 11.7 Å². The fraction of sp³-hybridized carbons (Fsp3) is 0.0625. The lowest BCUT2D eigenvalue weighted by atomic mass is 10.2. The molecule has 5 heteroatoms. The van der Waals surface area contributed by atoms with E-state index in [0.717, 1.165) is 15.4 Å². The van der Waals surface area contributed by atoms with Gasteiger partial charge in [-0.25, -0.2) is 0 Å². The first-order valence-corrected chi connectivity index (χ1v) is 7.18.